The number of anilines is 2. The Morgan fingerprint density at radius 1 is 1.25 bits per heavy atom. The zero-order valence-corrected chi connectivity index (χ0v) is 17.3. The molecule has 28 heavy (non-hydrogen) atoms. The summed E-state index contributed by atoms with van der Waals surface area (Å²) in [6.45, 7) is 4.65. The summed E-state index contributed by atoms with van der Waals surface area (Å²) in [6, 6.07) is 7.92. The van der Waals surface area contributed by atoms with E-state index >= 15 is 0 Å². The molecule has 150 valence electrons. The van der Waals surface area contributed by atoms with Crippen molar-refractivity contribution in [1.29, 1.82) is 0 Å². The third kappa shape index (κ3) is 4.60. The maximum Gasteiger partial charge on any atom is 0.274 e. The third-order valence-corrected chi connectivity index (χ3v) is 5.72. The average molecular weight is 426 g/mol. The molecular weight excluding hydrogens is 406 g/mol. The summed E-state index contributed by atoms with van der Waals surface area (Å²) in [5, 5.41) is 14.0. The molecule has 0 heterocycles. The van der Waals surface area contributed by atoms with Gasteiger partial charge < -0.3 is 5.32 Å². The smallest absolute Gasteiger partial charge is 0.274 e. The van der Waals surface area contributed by atoms with E-state index in [1.54, 1.807) is 19.1 Å². The zero-order valence-electron chi connectivity index (χ0n) is 15.8. The van der Waals surface area contributed by atoms with Crippen molar-refractivity contribution in [2.75, 3.05) is 15.9 Å². The van der Waals surface area contributed by atoms with Gasteiger partial charge in [0.2, 0.25) is 15.9 Å². The highest BCUT2D eigenvalue weighted by molar-refractivity contribution is 7.92. The van der Waals surface area contributed by atoms with Gasteiger partial charge in [-0.15, -0.1) is 0 Å². The highest BCUT2D eigenvalue weighted by atomic mass is 35.5. The van der Waals surface area contributed by atoms with E-state index in [1.165, 1.54) is 38.1 Å². The molecule has 0 aliphatic rings. The SMILES string of the molecule is Cc1ccc(Cl)cc1N([C@@H](C)C(=O)Nc1cccc([N+](=O)[O-])c1C)S(C)(=O)=O. The number of hydrogen-bond acceptors (Lipinski definition) is 5. The average Bonchev–Trinajstić information content (AvgIpc) is 2.58. The van der Waals surface area contributed by atoms with Crippen LogP contribution in [0.15, 0.2) is 36.4 Å². The second kappa shape index (κ2) is 8.15. The molecule has 0 saturated heterocycles. The molecule has 0 radical (unpaired) electrons. The van der Waals surface area contributed by atoms with Gasteiger partial charge in [0.15, 0.2) is 0 Å². The molecule has 0 spiro atoms. The summed E-state index contributed by atoms with van der Waals surface area (Å²) in [5.41, 5.74) is 1.28. The van der Waals surface area contributed by atoms with Crippen molar-refractivity contribution in [3.63, 3.8) is 0 Å². The van der Waals surface area contributed by atoms with Gasteiger partial charge in [-0.05, 0) is 44.5 Å². The Morgan fingerprint density at radius 3 is 2.46 bits per heavy atom. The van der Waals surface area contributed by atoms with Crippen LogP contribution in [0.4, 0.5) is 17.1 Å². The molecule has 8 nitrogen and oxygen atoms in total. The first kappa shape index (κ1) is 21.6. The molecule has 1 amide bonds. The largest absolute Gasteiger partial charge is 0.324 e. The van der Waals surface area contributed by atoms with E-state index in [4.69, 9.17) is 11.6 Å². The van der Waals surface area contributed by atoms with Gasteiger partial charge >= 0.3 is 0 Å². The number of nitrogens with one attached hydrogen (secondary N) is 1. The normalized spacial score (nSPS) is 12.3. The first-order chi connectivity index (χ1) is 12.9. The molecule has 0 aromatic heterocycles. The van der Waals surface area contributed by atoms with E-state index < -0.39 is 26.9 Å². The van der Waals surface area contributed by atoms with Crippen LogP contribution in [0.1, 0.15) is 18.1 Å². The molecule has 0 aliphatic heterocycles. The minimum absolute atomic E-state index is 0.142. The minimum atomic E-state index is -3.82. The van der Waals surface area contributed by atoms with Gasteiger partial charge in [0.1, 0.15) is 6.04 Å². The number of nitro benzene ring substituents is 1. The van der Waals surface area contributed by atoms with Crippen molar-refractivity contribution < 1.29 is 18.1 Å². The second-order valence-corrected chi connectivity index (χ2v) is 8.66. The highest BCUT2D eigenvalue weighted by Gasteiger charge is 2.31. The number of halogens is 1. The van der Waals surface area contributed by atoms with Crippen LogP contribution in [0.3, 0.4) is 0 Å². The van der Waals surface area contributed by atoms with Crippen molar-refractivity contribution in [1.82, 2.24) is 0 Å². The maximum absolute atomic E-state index is 12.8. The first-order valence-electron chi connectivity index (χ1n) is 8.24. The molecule has 1 atom stereocenters. The van der Waals surface area contributed by atoms with Gasteiger partial charge in [0.25, 0.3) is 5.69 Å². The zero-order chi connectivity index (χ0) is 21.2. The van der Waals surface area contributed by atoms with Gasteiger partial charge in [0.05, 0.1) is 28.1 Å². The lowest BCUT2D eigenvalue weighted by Crippen LogP contribution is -2.45. The maximum atomic E-state index is 12.8. The van der Waals surface area contributed by atoms with Crippen molar-refractivity contribution in [3.05, 3.63) is 62.7 Å². The number of hydrogen-bond donors (Lipinski definition) is 1. The van der Waals surface area contributed by atoms with E-state index in [0.29, 0.717) is 10.6 Å². The Balaban J connectivity index is 2.42. The monoisotopic (exact) mass is 425 g/mol. The summed E-state index contributed by atoms with van der Waals surface area (Å²) in [6.07, 6.45) is 0.996. The Kier molecular flexibility index (Phi) is 6.30. The van der Waals surface area contributed by atoms with Crippen LogP contribution in [-0.4, -0.2) is 31.5 Å². The van der Waals surface area contributed by atoms with E-state index in [9.17, 15) is 23.3 Å². The predicted octanol–water partition coefficient (Wildman–Crippen LogP) is 3.66. The molecule has 2 rings (SSSR count). The fourth-order valence-electron chi connectivity index (χ4n) is 2.79. The van der Waals surface area contributed by atoms with E-state index in [0.717, 1.165) is 10.6 Å². The van der Waals surface area contributed by atoms with E-state index in [-0.39, 0.29) is 22.6 Å². The number of nitrogens with zero attached hydrogens (tertiary/aromatic N) is 2. The quantitative estimate of drug-likeness (QED) is 0.561. The second-order valence-electron chi connectivity index (χ2n) is 6.36. The molecule has 2 aromatic rings. The number of nitro groups is 1. The Labute approximate surface area is 168 Å². The van der Waals surface area contributed by atoms with Crippen molar-refractivity contribution in [2.45, 2.75) is 26.8 Å². The Morgan fingerprint density at radius 2 is 1.89 bits per heavy atom. The van der Waals surface area contributed by atoms with Crippen LogP contribution in [0.2, 0.25) is 5.02 Å². The molecule has 10 heteroatoms. The van der Waals surface area contributed by atoms with Crippen LogP contribution < -0.4 is 9.62 Å². The van der Waals surface area contributed by atoms with Gasteiger partial charge in [-0.2, -0.15) is 0 Å². The summed E-state index contributed by atoms with van der Waals surface area (Å²) in [4.78, 5) is 23.3. The summed E-state index contributed by atoms with van der Waals surface area (Å²) in [7, 11) is -3.82. The predicted molar refractivity (Wildman–Crippen MR) is 109 cm³/mol. The third-order valence-electron chi connectivity index (χ3n) is 4.26. The van der Waals surface area contributed by atoms with Gasteiger partial charge in [-0.1, -0.05) is 23.7 Å². The molecule has 0 fully saturated rings. The van der Waals surface area contributed by atoms with Gasteiger partial charge in [-0.25, -0.2) is 8.42 Å². The highest BCUT2D eigenvalue weighted by Crippen LogP contribution is 2.29. The number of sulfonamides is 1. The number of rotatable bonds is 6. The number of aryl methyl sites for hydroxylation is 1. The lowest BCUT2D eigenvalue weighted by molar-refractivity contribution is -0.385. The van der Waals surface area contributed by atoms with E-state index in [2.05, 4.69) is 5.32 Å². The van der Waals surface area contributed by atoms with Crippen LogP contribution in [0.5, 0.6) is 0 Å². The summed E-state index contributed by atoms with van der Waals surface area (Å²) >= 11 is 6.01. The number of benzene rings is 2. The summed E-state index contributed by atoms with van der Waals surface area (Å²) in [5.74, 6) is -0.631. The minimum Gasteiger partial charge on any atom is -0.324 e. The standard InChI is InChI=1S/C18H20ClN3O5S/c1-11-8-9-14(19)10-17(11)21(28(4,26)27)13(3)18(23)20-15-6-5-7-16(12(15)2)22(24)25/h5-10,13H,1-4H3,(H,20,23)/t13-/m0/s1. The molecule has 0 bridgehead atoms. The fraction of sp³-hybridized carbons (Fsp3) is 0.278. The topological polar surface area (TPSA) is 110 Å². The molecular formula is C18H20ClN3O5S. The Hall–Kier alpha value is -2.65. The van der Waals surface area contributed by atoms with Crippen molar-refractivity contribution in [3.8, 4) is 0 Å². The molecule has 0 aliphatic carbocycles. The molecule has 1 N–H and O–H groups in total. The molecule has 0 unspecified atom stereocenters. The lowest BCUT2D eigenvalue weighted by Gasteiger charge is -2.29. The fourth-order valence-corrected chi connectivity index (χ4v) is 4.19. The molecule has 2 aromatic carbocycles. The van der Waals surface area contributed by atoms with E-state index in [1.807, 2.05) is 0 Å². The van der Waals surface area contributed by atoms with Gasteiger partial charge in [-0.3, -0.25) is 19.2 Å². The summed E-state index contributed by atoms with van der Waals surface area (Å²) < 4.78 is 25.8. The van der Waals surface area contributed by atoms with Gasteiger partial charge in [0, 0.05) is 11.1 Å². The number of carbonyl (C=O) groups excluding carboxylic acids is 1. The first-order valence-corrected chi connectivity index (χ1v) is 10.5. The van der Waals surface area contributed by atoms with Crippen LogP contribution >= 0.6 is 11.6 Å². The number of carbonyl (C=O) groups is 1. The van der Waals surface area contributed by atoms with Crippen LogP contribution in [0.25, 0.3) is 0 Å². The Bertz CT molecular complexity index is 1040. The van der Waals surface area contributed by atoms with Crippen LogP contribution in [0, 0.1) is 24.0 Å². The van der Waals surface area contributed by atoms with Crippen molar-refractivity contribution in [2.24, 2.45) is 0 Å². The lowest BCUT2D eigenvalue weighted by atomic mass is 10.1. The van der Waals surface area contributed by atoms with Crippen LogP contribution in [-0.2, 0) is 14.8 Å². The number of amides is 1. The molecule has 0 saturated carbocycles. The van der Waals surface area contributed by atoms with Crippen molar-refractivity contribution >= 4 is 44.6 Å².